The van der Waals surface area contributed by atoms with Crippen molar-refractivity contribution in [3.63, 3.8) is 0 Å². The number of rotatable bonds is 4. The summed E-state index contributed by atoms with van der Waals surface area (Å²) in [6, 6.07) is 9.24. The lowest BCUT2D eigenvalue weighted by Gasteiger charge is -2.42. The third-order valence-corrected chi connectivity index (χ3v) is 6.33. The van der Waals surface area contributed by atoms with Crippen LogP contribution in [0.4, 0.5) is 0 Å². The van der Waals surface area contributed by atoms with Gasteiger partial charge in [-0.15, -0.1) is 24.0 Å². The Morgan fingerprint density at radius 1 is 1.26 bits per heavy atom. The fourth-order valence-electron chi connectivity index (χ4n) is 4.58. The summed E-state index contributed by atoms with van der Waals surface area (Å²) in [4.78, 5) is 7.02. The predicted molar refractivity (Wildman–Crippen MR) is 121 cm³/mol. The fourth-order valence-corrected chi connectivity index (χ4v) is 4.58. The van der Waals surface area contributed by atoms with E-state index in [1.54, 1.807) is 0 Å². The molecule has 1 aromatic rings. The minimum atomic E-state index is 0. The van der Waals surface area contributed by atoms with Crippen LogP contribution in [0.5, 0.6) is 0 Å². The molecule has 3 atom stereocenters. The van der Waals surface area contributed by atoms with E-state index in [1.807, 2.05) is 7.05 Å². The first-order valence-corrected chi connectivity index (χ1v) is 9.99. The van der Waals surface area contributed by atoms with Gasteiger partial charge >= 0.3 is 0 Å². The molecule has 2 N–H and O–H groups in total. The normalized spacial score (nSPS) is 27.8. The van der Waals surface area contributed by atoms with Gasteiger partial charge in [-0.25, -0.2) is 0 Å². The highest BCUT2D eigenvalue weighted by Gasteiger charge is 2.41. The second-order valence-corrected chi connectivity index (χ2v) is 8.54. The molecule has 3 heterocycles. The van der Waals surface area contributed by atoms with Crippen LogP contribution < -0.4 is 10.6 Å². The topological polar surface area (TPSA) is 48.9 Å². The number of nitrogens with zero attached hydrogens (tertiary/aromatic N) is 2. The van der Waals surface area contributed by atoms with E-state index in [9.17, 15) is 0 Å². The lowest BCUT2D eigenvalue weighted by molar-refractivity contribution is 0.0987. The highest BCUT2D eigenvalue weighted by molar-refractivity contribution is 14.0. The minimum Gasteiger partial charge on any atom is -0.373 e. The van der Waals surface area contributed by atoms with E-state index in [-0.39, 0.29) is 29.5 Å². The van der Waals surface area contributed by atoms with Crippen LogP contribution in [-0.2, 0) is 17.7 Å². The minimum absolute atomic E-state index is 0. The predicted octanol–water partition coefficient (Wildman–Crippen LogP) is 2.93. The maximum absolute atomic E-state index is 5.95. The standard InChI is InChI=1S/C21H32N4O.HI/c1-21(2,25-11-10-15-6-4-5-7-16(15)13-25)14-23-20(22-3)24-18-12-17-8-9-19(18)26-17;/h4-7,17-19H,8-14H2,1-3H3,(H2,22,23,24);1H. The molecule has 3 aliphatic rings. The molecule has 27 heavy (non-hydrogen) atoms. The zero-order valence-electron chi connectivity index (χ0n) is 16.7. The van der Waals surface area contributed by atoms with Crippen LogP contribution >= 0.6 is 24.0 Å². The van der Waals surface area contributed by atoms with E-state index >= 15 is 0 Å². The Bertz CT molecular complexity index is 678. The van der Waals surface area contributed by atoms with Crippen LogP contribution in [0.25, 0.3) is 0 Å². The number of nitrogens with one attached hydrogen (secondary N) is 2. The molecule has 6 heteroatoms. The van der Waals surface area contributed by atoms with Gasteiger partial charge in [0.15, 0.2) is 5.96 Å². The molecular formula is C21H33IN4O. The number of ether oxygens (including phenoxy) is 1. The summed E-state index contributed by atoms with van der Waals surface area (Å²) >= 11 is 0. The molecule has 1 aromatic carbocycles. The van der Waals surface area contributed by atoms with Gasteiger partial charge in [0.05, 0.1) is 18.2 Å². The first-order chi connectivity index (χ1) is 12.5. The Morgan fingerprint density at radius 3 is 2.70 bits per heavy atom. The van der Waals surface area contributed by atoms with Crippen molar-refractivity contribution in [2.45, 2.75) is 69.9 Å². The third kappa shape index (κ3) is 4.59. The van der Waals surface area contributed by atoms with Crippen LogP contribution in [0, 0.1) is 0 Å². The maximum Gasteiger partial charge on any atom is 0.191 e. The lowest BCUT2D eigenvalue weighted by Crippen LogP contribution is -2.56. The number of hydrogen-bond donors (Lipinski definition) is 2. The Labute approximate surface area is 180 Å². The quantitative estimate of drug-likeness (QED) is 0.392. The number of hydrogen-bond acceptors (Lipinski definition) is 3. The zero-order valence-corrected chi connectivity index (χ0v) is 19.0. The van der Waals surface area contributed by atoms with Crippen LogP contribution in [-0.4, -0.2) is 54.8 Å². The highest BCUT2D eigenvalue weighted by Crippen LogP contribution is 2.34. The van der Waals surface area contributed by atoms with Gasteiger partial charge in [-0.3, -0.25) is 9.89 Å². The summed E-state index contributed by atoms with van der Waals surface area (Å²) in [6.45, 7) is 7.65. The summed E-state index contributed by atoms with van der Waals surface area (Å²) in [5, 5.41) is 7.14. The summed E-state index contributed by atoms with van der Waals surface area (Å²) < 4.78 is 5.95. The van der Waals surface area contributed by atoms with Crippen molar-refractivity contribution in [2.75, 3.05) is 20.1 Å². The number of aliphatic imine (C=N–C) groups is 1. The summed E-state index contributed by atoms with van der Waals surface area (Å²) in [7, 11) is 1.85. The molecule has 0 spiro atoms. The zero-order chi connectivity index (χ0) is 18.1. The van der Waals surface area contributed by atoms with E-state index < -0.39 is 0 Å². The number of fused-ring (bicyclic) bond motifs is 3. The van der Waals surface area contributed by atoms with Crippen LogP contribution in [0.15, 0.2) is 29.3 Å². The van der Waals surface area contributed by atoms with Crippen LogP contribution in [0.3, 0.4) is 0 Å². The van der Waals surface area contributed by atoms with E-state index in [0.29, 0.717) is 18.2 Å². The second-order valence-electron chi connectivity index (χ2n) is 8.54. The smallest absolute Gasteiger partial charge is 0.191 e. The van der Waals surface area contributed by atoms with Gasteiger partial charge in [-0.2, -0.15) is 0 Å². The first-order valence-electron chi connectivity index (χ1n) is 9.99. The van der Waals surface area contributed by atoms with E-state index in [2.05, 4.69) is 58.6 Å². The Morgan fingerprint density at radius 2 is 2.04 bits per heavy atom. The van der Waals surface area contributed by atoms with Gasteiger partial charge < -0.3 is 15.4 Å². The molecule has 4 rings (SSSR count). The molecule has 150 valence electrons. The second kappa shape index (κ2) is 8.66. The highest BCUT2D eigenvalue weighted by atomic mass is 127. The van der Waals surface area contributed by atoms with Crippen molar-refractivity contribution < 1.29 is 4.74 Å². The van der Waals surface area contributed by atoms with Gasteiger partial charge in [0.1, 0.15) is 0 Å². The van der Waals surface area contributed by atoms with Crippen molar-refractivity contribution in [1.29, 1.82) is 0 Å². The number of benzene rings is 1. The molecule has 0 saturated carbocycles. The van der Waals surface area contributed by atoms with Gasteiger partial charge in [-0.1, -0.05) is 24.3 Å². The maximum atomic E-state index is 5.95. The monoisotopic (exact) mass is 484 g/mol. The molecule has 2 bridgehead atoms. The van der Waals surface area contributed by atoms with Gasteiger partial charge in [-0.05, 0) is 50.7 Å². The molecule has 2 saturated heterocycles. The Kier molecular flexibility index (Phi) is 6.69. The summed E-state index contributed by atoms with van der Waals surface area (Å²) in [6.07, 6.45) is 5.47. The Hall–Kier alpha value is -0.860. The molecule has 3 aliphatic heterocycles. The molecule has 0 radical (unpaired) electrons. The average molecular weight is 484 g/mol. The van der Waals surface area contributed by atoms with Crippen molar-refractivity contribution in [3.8, 4) is 0 Å². The summed E-state index contributed by atoms with van der Waals surface area (Å²) in [5.74, 6) is 0.900. The molecular weight excluding hydrogens is 451 g/mol. The van der Waals surface area contributed by atoms with Gasteiger partial charge in [0, 0.05) is 32.2 Å². The average Bonchev–Trinajstić information content (AvgIpc) is 3.27. The SMILES string of the molecule is CN=C(NCC(C)(C)N1CCc2ccccc2C1)NC1CC2CCC1O2.I. The van der Waals surface area contributed by atoms with Gasteiger partial charge in [0.25, 0.3) is 0 Å². The molecule has 2 fully saturated rings. The number of halogens is 1. The van der Waals surface area contributed by atoms with Crippen molar-refractivity contribution >= 4 is 29.9 Å². The van der Waals surface area contributed by atoms with Crippen LogP contribution in [0.1, 0.15) is 44.2 Å². The largest absolute Gasteiger partial charge is 0.373 e. The Balaban J connectivity index is 0.00000210. The van der Waals surface area contributed by atoms with Crippen molar-refractivity contribution in [3.05, 3.63) is 35.4 Å². The van der Waals surface area contributed by atoms with Crippen LogP contribution in [0.2, 0.25) is 0 Å². The van der Waals surface area contributed by atoms with E-state index in [4.69, 9.17) is 4.74 Å². The van der Waals surface area contributed by atoms with Crippen molar-refractivity contribution in [2.24, 2.45) is 4.99 Å². The number of guanidine groups is 1. The molecule has 0 aromatic heterocycles. The molecule has 0 amide bonds. The van der Waals surface area contributed by atoms with E-state index in [0.717, 1.165) is 38.4 Å². The van der Waals surface area contributed by atoms with Gasteiger partial charge in [0.2, 0.25) is 0 Å². The van der Waals surface area contributed by atoms with Crippen molar-refractivity contribution in [1.82, 2.24) is 15.5 Å². The van der Waals surface area contributed by atoms with E-state index in [1.165, 1.54) is 24.0 Å². The fraction of sp³-hybridized carbons (Fsp3) is 0.667. The molecule has 5 nitrogen and oxygen atoms in total. The molecule has 3 unspecified atom stereocenters. The lowest BCUT2D eigenvalue weighted by atomic mass is 9.94. The molecule has 0 aliphatic carbocycles. The third-order valence-electron chi connectivity index (χ3n) is 6.33. The first kappa shape index (κ1) is 20.9. The summed E-state index contributed by atoms with van der Waals surface area (Å²) in [5.41, 5.74) is 3.03.